The Labute approximate surface area is 161 Å². The minimum Gasteiger partial charge on any atom is -0.493 e. The quantitative estimate of drug-likeness (QED) is 0.304. The first-order chi connectivity index (χ1) is 13.3. The first-order valence-corrected chi connectivity index (χ1v) is 8.31. The summed E-state index contributed by atoms with van der Waals surface area (Å²) in [4.78, 5) is 25.6. The number of hydrogen-bond acceptors (Lipinski definition) is 6. The molecule has 0 heterocycles. The number of nitro groups is 1. The highest BCUT2D eigenvalue weighted by atomic mass is 16.6. The number of non-ortho nitro benzene ring substituents is 1. The van der Waals surface area contributed by atoms with Gasteiger partial charge in [-0.15, -0.1) is 6.58 Å². The Morgan fingerprint density at radius 2 is 2.11 bits per heavy atom. The van der Waals surface area contributed by atoms with Crippen LogP contribution in [0.2, 0.25) is 0 Å². The highest BCUT2D eigenvalue weighted by molar-refractivity contribution is 5.84. The number of nitro benzene ring substituents is 1. The summed E-state index contributed by atoms with van der Waals surface area (Å²) < 4.78 is 10.7. The van der Waals surface area contributed by atoms with Crippen LogP contribution < -0.4 is 9.47 Å². The average molecular weight is 384 g/mol. The van der Waals surface area contributed by atoms with E-state index in [1.54, 1.807) is 37.4 Å². The van der Waals surface area contributed by atoms with Crippen LogP contribution in [-0.2, 0) is 11.2 Å². The summed E-state index contributed by atoms with van der Waals surface area (Å²) in [6.07, 6.45) is 3.72. The second-order valence-corrected chi connectivity index (χ2v) is 5.87. The fourth-order valence-corrected chi connectivity index (χ4v) is 2.56. The third-order valence-corrected chi connectivity index (χ3v) is 3.82. The van der Waals surface area contributed by atoms with E-state index in [2.05, 4.69) is 11.6 Å². The summed E-state index contributed by atoms with van der Waals surface area (Å²) in [5, 5.41) is 19.7. The van der Waals surface area contributed by atoms with Crippen molar-refractivity contribution in [2.75, 3.05) is 13.7 Å². The molecule has 0 radical (unpaired) electrons. The standard InChI is InChI=1S/C20H20N2O6/c1-4-5-15-9-14(10-18(27-3)20(15)28-12-19(23)24)11-21-17-7-6-16(22(25)26)8-13(17)2/h4,6-11H,1,5,12H2,2-3H3,(H,23,24). The van der Waals surface area contributed by atoms with Gasteiger partial charge in [-0.3, -0.25) is 15.1 Å². The maximum atomic E-state index is 10.8. The van der Waals surface area contributed by atoms with Gasteiger partial charge in [0.05, 0.1) is 17.7 Å². The third-order valence-electron chi connectivity index (χ3n) is 3.82. The van der Waals surface area contributed by atoms with Gasteiger partial charge in [0.1, 0.15) is 0 Å². The van der Waals surface area contributed by atoms with E-state index in [4.69, 9.17) is 14.6 Å². The lowest BCUT2D eigenvalue weighted by Gasteiger charge is -2.14. The summed E-state index contributed by atoms with van der Waals surface area (Å²) in [5.74, 6) is -0.373. The number of methoxy groups -OCH3 is 1. The van der Waals surface area contributed by atoms with Gasteiger partial charge in [-0.2, -0.15) is 0 Å². The van der Waals surface area contributed by atoms with Gasteiger partial charge in [0.2, 0.25) is 0 Å². The summed E-state index contributed by atoms with van der Waals surface area (Å²) in [6.45, 7) is 4.96. The van der Waals surface area contributed by atoms with E-state index >= 15 is 0 Å². The number of ether oxygens (including phenoxy) is 2. The lowest BCUT2D eigenvalue weighted by Crippen LogP contribution is -2.11. The van der Waals surface area contributed by atoms with E-state index in [1.165, 1.54) is 19.2 Å². The van der Waals surface area contributed by atoms with Crippen molar-refractivity contribution in [1.82, 2.24) is 0 Å². The van der Waals surface area contributed by atoms with Gasteiger partial charge in [0.25, 0.3) is 5.69 Å². The molecule has 0 saturated heterocycles. The smallest absolute Gasteiger partial charge is 0.341 e. The highest BCUT2D eigenvalue weighted by Gasteiger charge is 2.14. The molecular weight excluding hydrogens is 364 g/mol. The molecule has 2 aromatic carbocycles. The molecule has 0 amide bonds. The van der Waals surface area contributed by atoms with Gasteiger partial charge in [0.15, 0.2) is 18.1 Å². The van der Waals surface area contributed by atoms with Crippen LogP contribution in [0.1, 0.15) is 16.7 Å². The molecule has 0 spiro atoms. The number of benzene rings is 2. The molecule has 1 N–H and O–H groups in total. The molecule has 0 aliphatic rings. The summed E-state index contributed by atoms with van der Waals surface area (Å²) >= 11 is 0. The van der Waals surface area contributed by atoms with Crippen LogP contribution in [0.5, 0.6) is 11.5 Å². The van der Waals surface area contributed by atoms with Crippen molar-refractivity contribution < 1.29 is 24.3 Å². The number of allylic oxidation sites excluding steroid dienone is 1. The number of aryl methyl sites for hydroxylation is 1. The number of aliphatic imine (C=N–C) groups is 1. The van der Waals surface area contributed by atoms with Crippen molar-refractivity contribution in [2.24, 2.45) is 4.99 Å². The van der Waals surface area contributed by atoms with Gasteiger partial charge in [0, 0.05) is 23.9 Å². The topological polar surface area (TPSA) is 111 Å². The number of nitrogens with zero attached hydrogens (tertiary/aromatic N) is 2. The van der Waals surface area contributed by atoms with Gasteiger partial charge in [-0.05, 0) is 42.7 Å². The molecule has 0 fully saturated rings. The maximum absolute atomic E-state index is 10.8. The van der Waals surface area contributed by atoms with Gasteiger partial charge in [-0.1, -0.05) is 6.08 Å². The summed E-state index contributed by atoms with van der Waals surface area (Å²) in [6, 6.07) is 7.90. The fraction of sp³-hybridized carbons (Fsp3) is 0.200. The number of carboxylic acid groups (broad SMARTS) is 1. The Kier molecular flexibility index (Phi) is 6.86. The normalized spacial score (nSPS) is 10.6. The van der Waals surface area contributed by atoms with Crippen LogP contribution in [0.15, 0.2) is 48.0 Å². The van der Waals surface area contributed by atoms with E-state index in [0.29, 0.717) is 40.3 Å². The van der Waals surface area contributed by atoms with Crippen molar-refractivity contribution in [3.63, 3.8) is 0 Å². The Balaban J connectivity index is 2.38. The van der Waals surface area contributed by atoms with Gasteiger partial charge < -0.3 is 14.6 Å². The zero-order valence-electron chi connectivity index (χ0n) is 15.5. The summed E-state index contributed by atoms with van der Waals surface area (Å²) in [5.41, 5.74) is 2.68. The monoisotopic (exact) mass is 384 g/mol. The molecule has 28 heavy (non-hydrogen) atoms. The van der Waals surface area contributed by atoms with Crippen molar-refractivity contribution in [3.8, 4) is 11.5 Å². The van der Waals surface area contributed by atoms with E-state index in [-0.39, 0.29) is 5.69 Å². The molecule has 8 nitrogen and oxygen atoms in total. The minimum atomic E-state index is -1.09. The average Bonchev–Trinajstić information content (AvgIpc) is 2.65. The first-order valence-electron chi connectivity index (χ1n) is 8.31. The predicted molar refractivity (Wildman–Crippen MR) is 105 cm³/mol. The van der Waals surface area contributed by atoms with Crippen LogP contribution in [-0.4, -0.2) is 35.9 Å². The molecule has 0 aliphatic heterocycles. The van der Waals surface area contributed by atoms with E-state index in [1.807, 2.05) is 0 Å². The largest absolute Gasteiger partial charge is 0.493 e. The predicted octanol–water partition coefficient (Wildman–Crippen LogP) is 3.85. The van der Waals surface area contributed by atoms with Crippen LogP contribution in [0, 0.1) is 17.0 Å². The minimum absolute atomic E-state index is 0.00585. The number of aliphatic carboxylic acids is 1. The summed E-state index contributed by atoms with van der Waals surface area (Å²) in [7, 11) is 1.46. The highest BCUT2D eigenvalue weighted by Crippen LogP contribution is 2.33. The maximum Gasteiger partial charge on any atom is 0.341 e. The second kappa shape index (κ2) is 9.31. The van der Waals surface area contributed by atoms with Crippen molar-refractivity contribution >= 4 is 23.6 Å². The Bertz CT molecular complexity index is 937. The van der Waals surface area contributed by atoms with Crippen LogP contribution in [0.4, 0.5) is 11.4 Å². The number of hydrogen-bond donors (Lipinski definition) is 1. The SMILES string of the molecule is C=CCc1cc(C=Nc2ccc([N+](=O)[O-])cc2C)cc(OC)c1OCC(=O)O. The van der Waals surface area contributed by atoms with Crippen LogP contribution in [0.3, 0.4) is 0 Å². The Morgan fingerprint density at radius 1 is 1.36 bits per heavy atom. The molecule has 0 atom stereocenters. The van der Waals surface area contributed by atoms with Crippen molar-refractivity contribution in [2.45, 2.75) is 13.3 Å². The molecule has 2 aromatic rings. The molecule has 0 aliphatic carbocycles. The molecule has 2 rings (SSSR count). The van der Waals surface area contributed by atoms with Gasteiger partial charge >= 0.3 is 5.97 Å². The first kappa shape index (κ1) is 20.6. The molecule has 0 saturated carbocycles. The molecular formula is C20H20N2O6. The Hall–Kier alpha value is -3.68. The second-order valence-electron chi connectivity index (χ2n) is 5.87. The van der Waals surface area contributed by atoms with Crippen molar-refractivity contribution in [1.29, 1.82) is 0 Å². The Morgan fingerprint density at radius 3 is 2.68 bits per heavy atom. The molecule has 146 valence electrons. The number of rotatable bonds is 9. The van der Waals surface area contributed by atoms with E-state index < -0.39 is 17.5 Å². The molecule has 0 unspecified atom stereocenters. The fourth-order valence-electron chi connectivity index (χ4n) is 2.56. The lowest BCUT2D eigenvalue weighted by atomic mass is 10.1. The van der Waals surface area contributed by atoms with E-state index in [9.17, 15) is 14.9 Å². The van der Waals surface area contributed by atoms with Crippen molar-refractivity contribution in [3.05, 3.63) is 69.8 Å². The zero-order valence-corrected chi connectivity index (χ0v) is 15.5. The molecule has 0 bridgehead atoms. The number of carboxylic acids is 1. The van der Waals surface area contributed by atoms with Gasteiger partial charge in [-0.25, -0.2) is 4.79 Å². The molecule has 0 aromatic heterocycles. The van der Waals surface area contributed by atoms with E-state index in [0.717, 1.165) is 0 Å². The zero-order chi connectivity index (χ0) is 20.7. The number of carbonyl (C=O) groups is 1. The van der Waals surface area contributed by atoms with Crippen LogP contribution in [0.25, 0.3) is 0 Å². The molecule has 8 heteroatoms. The lowest BCUT2D eigenvalue weighted by molar-refractivity contribution is -0.384. The third kappa shape index (κ3) is 5.16. The van der Waals surface area contributed by atoms with Crippen LogP contribution >= 0.6 is 0 Å².